The van der Waals surface area contributed by atoms with E-state index in [1.807, 2.05) is 0 Å². The summed E-state index contributed by atoms with van der Waals surface area (Å²) in [6.45, 7) is 3.13. The molecule has 5 nitrogen and oxygen atoms in total. The number of nitriles is 1. The predicted molar refractivity (Wildman–Crippen MR) is 102 cm³/mol. The van der Waals surface area contributed by atoms with Gasteiger partial charge in [-0.3, -0.25) is 19.1 Å². The summed E-state index contributed by atoms with van der Waals surface area (Å²) >= 11 is 0. The van der Waals surface area contributed by atoms with Gasteiger partial charge in [-0.2, -0.15) is 5.26 Å². The Kier molecular flexibility index (Phi) is 4.08. The molecule has 138 valence electrons. The molecule has 0 radical (unpaired) electrons. The quantitative estimate of drug-likeness (QED) is 0.631. The summed E-state index contributed by atoms with van der Waals surface area (Å²) in [5.74, 6) is -1.25. The molecule has 0 aliphatic carbocycles. The van der Waals surface area contributed by atoms with Crippen LogP contribution in [-0.2, 0) is 0 Å². The van der Waals surface area contributed by atoms with Crippen molar-refractivity contribution in [2.75, 3.05) is 4.90 Å². The largest absolute Gasteiger partial charge is 0.287 e. The maximum atomic E-state index is 14.9. The maximum absolute atomic E-state index is 14.9. The molecule has 1 amide bonds. The molecule has 2 aromatic carbocycles. The number of fused-ring (bicyclic) bond motifs is 3. The highest BCUT2D eigenvalue weighted by Gasteiger charge is 2.40. The summed E-state index contributed by atoms with van der Waals surface area (Å²) in [7, 11) is 0. The van der Waals surface area contributed by atoms with Gasteiger partial charge in [-0.15, -0.1) is 0 Å². The highest BCUT2D eigenvalue weighted by molar-refractivity contribution is 6.11. The summed E-state index contributed by atoms with van der Waals surface area (Å²) in [6, 6.07) is 14.1. The van der Waals surface area contributed by atoms with E-state index in [2.05, 4.69) is 6.07 Å². The van der Waals surface area contributed by atoms with E-state index in [0.717, 1.165) is 0 Å². The zero-order valence-electron chi connectivity index (χ0n) is 15.3. The van der Waals surface area contributed by atoms with Crippen molar-refractivity contribution >= 4 is 17.5 Å². The van der Waals surface area contributed by atoms with Gasteiger partial charge in [-0.25, -0.2) is 4.39 Å². The van der Waals surface area contributed by atoms with Crippen molar-refractivity contribution in [2.45, 2.75) is 19.9 Å². The van der Waals surface area contributed by atoms with Crippen molar-refractivity contribution < 1.29 is 14.0 Å². The van der Waals surface area contributed by atoms with Crippen LogP contribution in [0, 0.1) is 24.1 Å². The second kappa shape index (κ2) is 6.46. The molecule has 1 aliphatic heterocycles. The van der Waals surface area contributed by atoms with Gasteiger partial charge in [0.25, 0.3) is 5.91 Å². The zero-order chi connectivity index (χ0) is 20.0. The number of halogens is 1. The lowest BCUT2D eigenvalue weighted by Crippen LogP contribution is -2.37. The molecule has 4 rings (SSSR count). The van der Waals surface area contributed by atoms with Gasteiger partial charge in [-0.1, -0.05) is 24.3 Å². The third kappa shape index (κ3) is 2.44. The molecule has 0 fully saturated rings. The molecule has 6 heteroatoms. The molecule has 0 N–H and O–H groups in total. The Bertz CT molecular complexity index is 1160. The van der Waals surface area contributed by atoms with Gasteiger partial charge in [-0.05, 0) is 36.8 Å². The van der Waals surface area contributed by atoms with Crippen molar-refractivity contribution in [3.8, 4) is 17.3 Å². The Labute approximate surface area is 161 Å². The first-order chi connectivity index (χ1) is 13.5. The number of anilines is 1. The number of rotatable bonds is 1. The molecule has 0 bridgehead atoms. The fraction of sp³-hybridized carbons (Fsp3) is 0.136. The molecule has 1 unspecified atom stereocenters. The van der Waals surface area contributed by atoms with Crippen LogP contribution in [0.3, 0.4) is 0 Å². The van der Waals surface area contributed by atoms with Crippen LogP contribution < -0.4 is 4.90 Å². The molecule has 0 saturated heterocycles. The van der Waals surface area contributed by atoms with Gasteiger partial charge in [0.2, 0.25) is 5.91 Å². The lowest BCUT2D eigenvalue weighted by Gasteiger charge is -2.34. The molecule has 1 aromatic heterocycles. The highest BCUT2D eigenvalue weighted by Crippen LogP contribution is 2.48. The Morgan fingerprint density at radius 2 is 1.82 bits per heavy atom. The first kappa shape index (κ1) is 17.7. The van der Waals surface area contributed by atoms with E-state index < -0.39 is 17.8 Å². The van der Waals surface area contributed by atoms with E-state index in [1.54, 1.807) is 49.5 Å². The van der Waals surface area contributed by atoms with Crippen LogP contribution in [0.1, 0.15) is 39.2 Å². The second-order valence-electron chi connectivity index (χ2n) is 6.67. The Balaban J connectivity index is 2.05. The summed E-state index contributed by atoms with van der Waals surface area (Å²) in [5.41, 5.74) is 2.27. The van der Waals surface area contributed by atoms with Gasteiger partial charge in [0, 0.05) is 24.2 Å². The number of aromatic nitrogens is 1. The fourth-order valence-electron chi connectivity index (χ4n) is 3.78. The van der Waals surface area contributed by atoms with Crippen molar-refractivity contribution in [3.63, 3.8) is 0 Å². The van der Waals surface area contributed by atoms with Gasteiger partial charge in [0.15, 0.2) is 6.04 Å². The normalized spacial score (nSPS) is 14.8. The fourth-order valence-corrected chi connectivity index (χ4v) is 3.78. The second-order valence-corrected chi connectivity index (χ2v) is 6.67. The zero-order valence-corrected chi connectivity index (χ0v) is 15.3. The Morgan fingerprint density at radius 1 is 1.11 bits per heavy atom. The summed E-state index contributed by atoms with van der Waals surface area (Å²) in [4.78, 5) is 26.8. The Morgan fingerprint density at radius 3 is 2.46 bits per heavy atom. The molecule has 0 spiro atoms. The van der Waals surface area contributed by atoms with E-state index in [4.69, 9.17) is 0 Å². The van der Waals surface area contributed by atoms with Crippen LogP contribution in [0.5, 0.6) is 0 Å². The van der Waals surface area contributed by atoms with E-state index >= 15 is 0 Å². The number of nitrogens with zero attached hydrogens (tertiary/aromatic N) is 3. The smallest absolute Gasteiger partial charge is 0.259 e. The monoisotopic (exact) mass is 373 g/mol. The standard InChI is InChI=1S/C22H16FN3O2/c1-13-12-25(14(2)27)21-19(13)18(11-24)26(17-10-6-9-16(23)20(17)21)22(28)15-7-4-3-5-8-15/h3-10,12,18H,1-2H3. The third-order valence-corrected chi connectivity index (χ3v) is 4.96. The van der Waals surface area contributed by atoms with Crippen LogP contribution in [-0.4, -0.2) is 16.4 Å². The molecule has 1 atom stereocenters. The van der Waals surface area contributed by atoms with Crippen LogP contribution in [0.25, 0.3) is 11.3 Å². The predicted octanol–water partition coefficient (Wildman–Crippen LogP) is 4.49. The summed E-state index contributed by atoms with van der Waals surface area (Å²) in [5, 5.41) is 9.94. The highest BCUT2D eigenvalue weighted by atomic mass is 19.1. The molecule has 3 aromatic rings. The number of hydrogen-bond acceptors (Lipinski definition) is 3. The van der Waals surface area contributed by atoms with E-state index in [1.165, 1.54) is 28.5 Å². The first-order valence-corrected chi connectivity index (χ1v) is 8.75. The number of carbonyl (C=O) groups is 2. The minimum absolute atomic E-state index is 0.150. The van der Waals surface area contributed by atoms with Crippen LogP contribution in [0.2, 0.25) is 0 Å². The van der Waals surface area contributed by atoms with Crippen LogP contribution in [0.15, 0.2) is 54.7 Å². The van der Waals surface area contributed by atoms with Crippen LogP contribution in [0.4, 0.5) is 10.1 Å². The summed E-state index contributed by atoms with van der Waals surface area (Å²) < 4.78 is 16.3. The molecule has 0 saturated carbocycles. The lowest BCUT2D eigenvalue weighted by atomic mass is 9.90. The van der Waals surface area contributed by atoms with Gasteiger partial charge >= 0.3 is 0 Å². The van der Waals surface area contributed by atoms with Crippen molar-refractivity contribution in [1.29, 1.82) is 5.26 Å². The number of amides is 1. The van der Waals surface area contributed by atoms with Gasteiger partial charge in [0.1, 0.15) is 5.82 Å². The number of benzene rings is 2. The maximum Gasteiger partial charge on any atom is 0.259 e. The Hall–Kier alpha value is -3.72. The molecular weight excluding hydrogens is 357 g/mol. The number of hydrogen-bond donors (Lipinski definition) is 0. The average molecular weight is 373 g/mol. The van der Waals surface area contributed by atoms with Gasteiger partial charge < -0.3 is 0 Å². The number of carbonyl (C=O) groups excluding carboxylic acids is 2. The topological polar surface area (TPSA) is 66.1 Å². The SMILES string of the molecule is CC(=O)n1cc(C)c2c1-c1c(F)cccc1N(C(=O)c1ccccc1)C2C#N. The minimum atomic E-state index is -0.974. The van der Waals surface area contributed by atoms with Crippen molar-refractivity contribution in [1.82, 2.24) is 4.57 Å². The molecule has 28 heavy (non-hydrogen) atoms. The van der Waals surface area contributed by atoms with E-state index in [-0.39, 0.29) is 17.2 Å². The van der Waals surface area contributed by atoms with Crippen LogP contribution >= 0.6 is 0 Å². The molecular formula is C22H16FN3O2. The number of aryl methyl sites for hydroxylation is 1. The average Bonchev–Trinajstić information content (AvgIpc) is 3.04. The van der Waals surface area contributed by atoms with Crippen molar-refractivity contribution in [3.05, 3.63) is 77.2 Å². The minimum Gasteiger partial charge on any atom is -0.287 e. The van der Waals surface area contributed by atoms with Gasteiger partial charge in [0.05, 0.1) is 23.0 Å². The van der Waals surface area contributed by atoms with Crippen molar-refractivity contribution in [2.24, 2.45) is 0 Å². The lowest BCUT2D eigenvalue weighted by molar-refractivity contribution is 0.0938. The molecule has 2 heterocycles. The summed E-state index contributed by atoms with van der Waals surface area (Å²) in [6.07, 6.45) is 1.59. The van der Waals surface area contributed by atoms with E-state index in [9.17, 15) is 19.2 Å². The first-order valence-electron chi connectivity index (χ1n) is 8.75. The third-order valence-electron chi connectivity index (χ3n) is 4.96. The van der Waals surface area contributed by atoms with E-state index in [0.29, 0.717) is 22.4 Å². The molecule has 1 aliphatic rings.